The van der Waals surface area contributed by atoms with Crippen molar-refractivity contribution in [2.75, 3.05) is 0 Å². The summed E-state index contributed by atoms with van der Waals surface area (Å²) < 4.78 is 0.823. The van der Waals surface area contributed by atoms with Gasteiger partial charge in [-0.2, -0.15) is 0 Å². The van der Waals surface area contributed by atoms with Gasteiger partial charge in [-0.05, 0) is 41.2 Å². The normalized spacial score (nSPS) is 14.1. The first-order valence-electron chi connectivity index (χ1n) is 6.75. The summed E-state index contributed by atoms with van der Waals surface area (Å²) in [6, 6.07) is 13.6. The van der Waals surface area contributed by atoms with Crippen molar-refractivity contribution in [3.05, 3.63) is 68.7 Å². The molecule has 0 saturated heterocycles. The van der Waals surface area contributed by atoms with Crippen LogP contribution < -0.4 is 0 Å². The highest BCUT2D eigenvalue weighted by atomic mass is 79.9. The molecular weight excluding hydrogens is 336 g/mol. The second-order valence-corrected chi connectivity index (χ2v) is 6.34. The third-order valence-electron chi connectivity index (χ3n) is 3.69. The molecule has 20 heavy (non-hydrogen) atoms. The quantitative estimate of drug-likeness (QED) is 0.747. The van der Waals surface area contributed by atoms with E-state index in [0.29, 0.717) is 10.9 Å². The van der Waals surface area contributed by atoms with Gasteiger partial charge < -0.3 is 5.11 Å². The molecule has 1 N–H and O–H groups in total. The van der Waals surface area contributed by atoms with Crippen molar-refractivity contribution in [1.82, 2.24) is 0 Å². The van der Waals surface area contributed by atoms with E-state index < -0.39 is 6.10 Å². The molecule has 2 atom stereocenters. The number of hydrogen-bond acceptors (Lipinski definition) is 1. The van der Waals surface area contributed by atoms with E-state index in [1.165, 1.54) is 5.56 Å². The number of aliphatic hydroxyl groups excluding tert-OH is 1. The topological polar surface area (TPSA) is 20.2 Å². The predicted molar refractivity (Wildman–Crippen MR) is 88.4 cm³/mol. The van der Waals surface area contributed by atoms with E-state index in [9.17, 15) is 5.11 Å². The van der Waals surface area contributed by atoms with Gasteiger partial charge in [-0.25, -0.2) is 0 Å². The summed E-state index contributed by atoms with van der Waals surface area (Å²) >= 11 is 9.38. The van der Waals surface area contributed by atoms with Crippen molar-refractivity contribution in [2.24, 2.45) is 0 Å². The third-order valence-corrected chi connectivity index (χ3v) is 4.61. The van der Waals surface area contributed by atoms with Crippen LogP contribution in [0.5, 0.6) is 0 Å². The maximum absolute atomic E-state index is 10.5. The van der Waals surface area contributed by atoms with E-state index in [4.69, 9.17) is 11.6 Å². The zero-order valence-electron chi connectivity index (χ0n) is 11.6. The summed E-state index contributed by atoms with van der Waals surface area (Å²) in [6.07, 6.45) is 0.470. The van der Waals surface area contributed by atoms with Crippen LogP contribution in [-0.4, -0.2) is 5.11 Å². The van der Waals surface area contributed by atoms with E-state index in [1.54, 1.807) is 12.1 Å². The van der Waals surface area contributed by atoms with Gasteiger partial charge in [0, 0.05) is 9.50 Å². The van der Waals surface area contributed by atoms with Gasteiger partial charge in [0.25, 0.3) is 0 Å². The molecule has 2 unspecified atom stereocenters. The van der Waals surface area contributed by atoms with Crippen molar-refractivity contribution in [2.45, 2.75) is 32.3 Å². The molecule has 0 aliphatic heterocycles. The third kappa shape index (κ3) is 3.43. The molecule has 2 rings (SSSR count). The lowest BCUT2D eigenvalue weighted by molar-refractivity contribution is 0.219. The smallest absolute Gasteiger partial charge is 0.105 e. The minimum Gasteiger partial charge on any atom is -0.384 e. The fraction of sp³-hybridized carbons (Fsp3) is 0.294. The Morgan fingerprint density at radius 2 is 1.70 bits per heavy atom. The van der Waals surface area contributed by atoms with Crippen molar-refractivity contribution < 1.29 is 5.11 Å². The summed E-state index contributed by atoms with van der Waals surface area (Å²) in [5.41, 5.74) is 3.02. The Hall–Kier alpha value is -0.830. The summed E-state index contributed by atoms with van der Waals surface area (Å²) in [7, 11) is 0. The standard InChI is InChI=1S/C17H18BrClO/c1-3-11(2)12-4-6-13(7-5-12)17(20)15-9-8-14(19)10-16(15)18/h4-11,17,20H,3H2,1-2H3. The van der Waals surface area contributed by atoms with Gasteiger partial charge >= 0.3 is 0 Å². The molecule has 0 heterocycles. The van der Waals surface area contributed by atoms with Crippen molar-refractivity contribution in [3.8, 4) is 0 Å². The van der Waals surface area contributed by atoms with Crippen LogP contribution in [0.15, 0.2) is 46.9 Å². The molecule has 2 aromatic rings. The fourth-order valence-electron chi connectivity index (χ4n) is 2.15. The first-order chi connectivity index (χ1) is 9.52. The molecule has 0 spiro atoms. The van der Waals surface area contributed by atoms with Gasteiger partial charge in [-0.15, -0.1) is 0 Å². The fourth-order valence-corrected chi connectivity index (χ4v) is 3.04. The highest BCUT2D eigenvalue weighted by molar-refractivity contribution is 9.10. The van der Waals surface area contributed by atoms with E-state index in [1.807, 2.05) is 18.2 Å². The lowest BCUT2D eigenvalue weighted by atomic mass is 9.95. The minimum absolute atomic E-state index is 0.545. The second-order valence-electron chi connectivity index (χ2n) is 5.04. The molecule has 0 bridgehead atoms. The highest BCUT2D eigenvalue weighted by Crippen LogP contribution is 2.31. The monoisotopic (exact) mass is 352 g/mol. The van der Waals surface area contributed by atoms with Gasteiger partial charge in [0.1, 0.15) is 6.10 Å². The zero-order valence-corrected chi connectivity index (χ0v) is 13.9. The van der Waals surface area contributed by atoms with E-state index in [-0.39, 0.29) is 0 Å². The van der Waals surface area contributed by atoms with Crippen LogP contribution in [0, 0.1) is 0 Å². The van der Waals surface area contributed by atoms with Gasteiger partial charge in [0.15, 0.2) is 0 Å². The van der Waals surface area contributed by atoms with E-state index in [0.717, 1.165) is 22.0 Å². The molecule has 1 nitrogen and oxygen atoms in total. The van der Waals surface area contributed by atoms with Gasteiger partial charge in [-0.1, -0.05) is 71.7 Å². The summed E-state index contributed by atoms with van der Waals surface area (Å²) in [5.74, 6) is 0.545. The predicted octanol–water partition coefficient (Wildman–Crippen LogP) is 5.70. The van der Waals surface area contributed by atoms with Gasteiger partial charge in [0.2, 0.25) is 0 Å². The van der Waals surface area contributed by atoms with Crippen LogP contribution >= 0.6 is 27.5 Å². The van der Waals surface area contributed by atoms with E-state index >= 15 is 0 Å². The van der Waals surface area contributed by atoms with Crippen LogP contribution in [0.2, 0.25) is 5.02 Å². The van der Waals surface area contributed by atoms with E-state index in [2.05, 4.69) is 41.9 Å². The molecule has 0 aliphatic rings. The molecule has 0 aliphatic carbocycles. The number of halogens is 2. The maximum atomic E-state index is 10.5. The van der Waals surface area contributed by atoms with Gasteiger partial charge in [0.05, 0.1) is 0 Å². The molecule has 2 aromatic carbocycles. The zero-order chi connectivity index (χ0) is 14.7. The Labute approximate surface area is 133 Å². The summed E-state index contributed by atoms with van der Waals surface area (Å²) in [5, 5.41) is 11.1. The lowest BCUT2D eigenvalue weighted by Gasteiger charge is -2.15. The lowest BCUT2D eigenvalue weighted by Crippen LogP contribution is -2.01. The first-order valence-corrected chi connectivity index (χ1v) is 7.93. The molecule has 0 aromatic heterocycles. The van der Waals surface area contributed by atoms with Crippen LogP contribution in [0.3, 0.4) is 0 Å². The largest absolute Gasteiger partial charge is 0.384 e. The summed E-state index contributed by atoms with van der Waals surface area (Å²) in [4.78, 5) is 0. The molecule has 3 heteroatoms. The van der Waals surface area contributed by atoms with Crippen LogP contribution in [0.25, 0.3) is 0 Å². The van der Waals surface area contributed by atoms with Crippen molar-refractivity contribution >= 4 is 27.5 Å². The van der Waals surface area contributed by atoms with Gasteiger partial charge in [-0.3, -0.25) is 0 Å². The average molecular weight is 354 g/mol. The molecule has 106 valence electrons. The molecular formula is C17H18BrClO. The minimum atomic E-state index is -0.646. The maximum Gasteiger partial charge on any atom is 0.105 e. The summed E-state index contributed by atoms with van der Waals surface area (Å²) in [6.45, 7) is 4.39. The number of benzene rings is 2. The number of rotatable bonds is 4. The number of aliphatic hydroxyl groups is 1. The Kier molecular flexibility index (Phi) is 5.25. The molecule has 0 saturated carbocycles. The molecule has 0 amide bonds. The highest BCUT2D eigenvalue weighted by Gasteiger charge is 2.14. The van der Waals surface area contributed by atoms with Crippen LogP contribution in [0.4, 0.5) is 0 Å². The second kappa shape index (κ2) is 6.75. The Bertz CT molecular complexity index is 580. The van der Waals surface area contributed by atoms with Crippen molar-refractivity contribution in [3.63, 3.8) is 0 Å². The Morgan fingerprint density at radius 3 is 2.25 bits per heavy atom. The average Bonchev–Trinajstić information content (AvgIpc) is 2.46. The SMILES string of the molecule is CCC(C)c1ccc(C(O)c2ccc(Cl)cc2Br)cc1. The Balaban J connectivity index is 2.26. The van der Waals surface area contributed by atoms with Crippen LogP contribution in [-0.2, 0) is 0 Å². The molecule has 0 fully saturated rings. The Morgan fingerprint density at radius 1 is 1.10 bits per heavy atom. The van der Waals surface area contributed by atoms with Crippen molar-refractivity contribution in [1.29, 1.82) is 0 Å². The number of hydrogen-bond donors (Lipinski definition) is 1. The first kappa shape index (κ1) is 15.6. The van der Waals surface area contributed by atoms with Crippen LogP contribution in [0.1, 0.15) is 49.0 Å². The molecule has 0 radical (unpaired) electrons.